The van der Waals surface area contributed by atoms with Gasteiger partial charge in [0.15, 0.2) is 0 Å². The van der Waals surface area contributed by atoms with Gasteiger partial charge < -0.3 is 4.74 Å². The summed E-state index contributed by atoms with van der Waals surface area (Å²) >= 11 is 0. The summed E-state index contributed by atoms with van der Waals surface area (Å²) < 4.78 is 5.90. The topological polar surface area (TPSA) is 51.1 Å². The quantitative estimate of drug-likeness (QED) is 0.666. The Morgan fingerprint density at radius 3 is 2.77 bits per heavy atom. The molecule has 0 aliphatic rings. The Balaban J connectivity index is 1.92. The van der Waals surface area contributed by atoms with Gasteiger partial charge in [0.25, 0.3) is 0 Å². The van der Waals surface area contributed by atoms with E-state index in [0.717, 1.165) is 25.9 Å². The number of rotatable bonds is 9. The third kappa shape index (κ3) is 5.61. The molecule has 0 aliphatic carbocycles. The molecule has 0 bridgehead atoms. The molecular formula is C17H22N4O. The van der Waals surface area contributed by atoms with E-state index in [1.807, 2.05) is 18.3 Å². The Bertz CT molecular complexity index is 547. The molecular weight excluding hydrogens is 276 g/mol. The lowest BCUT2D eigenvalue weighted by molar-refractivity contribution is 0.126. The smallest absolute Gasteiger partial charge is 0.316 e. The number of aromatic nitrogens is 3. The highest BCUT2D eigenvalue weighted by molar-refractivity contribution is 5.08. The molecule has 0 aliphatic heterocycles. The van der Waals surface area contributed by atoms with Gasteiger partial charge in [-0.25, -0.2) is 9.97 Å². The van der Waals surface area contributed by atoms with E-state index in [2.05, 4.69) is 39.5 Å². The summed E-state index contributed by atoms with van der Waals surface area (Å²) in [6, 6.07) is 6.22. The van der Waals surface area contributed by atoms with Crippen molar-refractivity contribution in [2.24, 2.45) is 0 Å². The van der Waals surface area contributed by atoms with Crippen LogP contribution in [0.2, 0.25) is 0 Å². The maximum absolute atomic E-state index is 5.90. The zero-order chi connectivity index (χ0) is 15.6. The van der Waals surface area contributed by atoms with Crippen LogP contribution in [0.1, 0.15) is 18.4 Å². The molecule has 0 saturated heterocycles. The molecule has 2 heterocycles. The Hall–Kier alpha value is -2.27. The van der Waals surface area contributed by atoms with E-state index in [1.165, 1.54) is 5.56 Å². The summed E-state index contributed by atoms with van der Waals surface area (Å²) in [7, 11) is 2.07. The summed E-state index contributed by atoms with van der Waals surface area (Å²) in [5.41, 5.74) is 1.18. The molecule has 22 heavy (non-hydrogen) atoms. The van der Waals surface area contributed by atoms with Gasteiger partial charge >= 0.3 is 6.01 Å². The Morgan fingerprint density at radius 1 is 1.27 bits per heavy atom. The van der Waals surface area contributed by atoms with Crippen molar-refractivity contribution in [2.75, 3.05) is 13.6 Å². The van der Waals surface area contributed by atoms with E-state index < -0.39 is 0 Å². The number of ether oxygens (including phenoxy) is 1. The van der Waals surface area contributed by atoms with Gasteiger partial charge in [-0.2, -0.15) is 0 Å². The Kier molecular flexibility index (Phi) is 6.51. The lowest BCUT2D eigenvalue weighted by atomic mass is 10.1. The second kappa shape index (κ2) is 8.89. The van der Waals surface area contributed by atoms with Crippen LogP contribution in [0.15, 0.2) is 55.6 Å². The van der Waals surface area contributed by atoms with Crippen molar-refractivity contribution in [3.05, 3.63) is 61.2 Å². The van der Waals surface area contributed by atoms with Crippen molar-refractivity contribution >= 4 is 0 Å². The fraction of sp³-hybridized carbons (Fsp3) is 0.353. The monoisotopic (exact) mass is 298 g/mol. The maximum atomic E-state index is 5.90. The van der Waals surface area contributed by atoms with Crippen molar-refractivity contribution in [3.8, 4) is 6.01 Å². The summed E-state index contributed by atoms with van der Waals surface area (Å²) in [6.07, 6.45) is 10.8. The molecule has 0 spiro atoms. The highest BCUT2D eigenvalue weighted by atomic mass is 16.5. The van der Waals surface area contributed by atoms with Gasteiger partial charge in [0.2, 0.25) is 0 Å². The molecule has 0 aromatic carbocycles. The third-order valence-corrected chi connectivity index (χ3v) is 3.20. The van der Waals surface area contributed by atoms with Crippen molar-refractivity contribution in [1.29, 1.82) is 0 Å². The summed E-state index contributed by atoms with van der Waals surface area (Å²) in [5.74, 6) is 0. The second-order valence-corrected chi connectivity index (χ2v) is 5.20. The fourth-order valence-corrected chi connectivity index (χ4v) is 2.20. The minimum atomic E-state index is 0.0297. The van der Waals surface area contributed by atoms with Crippen LogP contribution in [-0.2, 0) is 6.54 Å². The van der Waals surface area contributed by atoms with Crippen LogP contribution in [0, 0.1) is 0 Å². The number of hydrogen-bond acceptors (Lipinski definition) is 5. The third-order valence-electron chi connectivity index (χ3n) is 3.20. The predicted molar refractivity (Wildman–Crippen MR) is 86.5 cm³/mol. The zero-order valence-corrected chi connectivity index (χ0v) is 12.9. The fourth-order valence-electron chi connectivity index (χ4n) is 2.20. The van der Waals surface area contributed by atoms with Gasteiger partial charge in [0.1, 0.15) is 6.10 Å². The van der Waals surface area contributed by atoms with Crippen LogP contribution in [0.4, 0.5) is 0 Å². The van der Waals surface area contributed by atoms with Crippen LogP contribution >= 0.6 is 0 Å². The van der Waals surface area contributed by atoms with Crippen LogP contribution < -0.4 is 4.74 Å². The molecule has 0 saturated carbocycles. The van der Waals surface area contributed by atoms with Gasteiger partial charge in [-0.1, -0.05) is 12.1 Å². The summed E-state index contributed by atoms with van der Waals surface area (Å²) in [4.78, 5) is 14.6. The molecule has 5 heteroatoms. The molecule has 2 rings (SSSR count). The first-order chi connectivity index (χ1) is 10.8. The molecule has 2 aromatic rings. The lowest BCUT2D eigenvalue weighted by Crippen LogP contribution is -2.33. The number of hydrogen-bond donors (Lipinski definition) is 0. The van der Waals surface area contributed by atoms with Gasteiger partial charge in [-0.3, -0.25) is 9.88 Å². The largest absolute Gasteiger partial charge is 0.459 e. The average molecular weight is 298 g/mol. The normalized spacial score (nSPS) is 12.1. The average Bonchev–Trinajstić information content (AvgIpc) is 2.54. The van der Waals surface area contributed by atoms with E-state index in [4.69, 9.17) is 4.74 Å². The van der Waals surface area contributed by atoms with Gasteiger partial charge in [0.05, 0.1) is 0 Å². The minimum absolute atomic E-state index is 0.0297. The number of pyridine rings is 1. The van der Waals surface area contributed by atoms with Crippen LogP contribution in [0.25, 0.3) is 0 Å². The number of likely N-dealkylation sites (N-methyl/N-ethyl adjacent to an activating group) is 1. The SMILES string of the molecule is C=CCCC(CN(C)Cc1cccnc1)Oc1ncccn1. The molecule has 0 amide bonds. The van der Waals surface area contributed by atoms with Crippen molar-refractivity contribution < 1.29 is 4.74 Å². The molecule has 2 aromatic heterocycles. The van der Waals surface area contributed by atoms with Crippen LogP contribution in [0.5, 0.6) is 6.01 Å². The van der Waals surface area contributed by atoms with E-state index in [1.54, 1.807) is 24.7 Å². The standard InChI is InChI=1S/C17H22N4O/c1-3-4-8-16(22-17-19-10-6-11-20-17)14-21(2)13-15-7-5-9-18-12-15/h3,5-7,9-12,16H,1,4,8,13-14H2,2H3. The second-order valence-electron chi connectivity index (χ2n) is 5.20. The molecule has 116 valence electrons. The van der Waals surface area contributed by atoms with Gasteiger partial charge in [-0.05, 0) is 37.6 Å². The molecule has 0 N–H and O–H groups in total. The molecule has 0 fully saturated rings. The highest BCUT2D eigenvalue weighted by Gasteiger charge is 2.14. The van der Waals surface area contributed by atoms with Crippen molar-refractivity contribution in [2.45, 2.75) is 25.5 Å². The lowest BCUT2D eigenvalue weighted by Gasteiger charge is -2.24. The first-order valence-electron chi connectivity index (χ1n) is 7.40. The Labute approximate surface area is 131 Å². The molecule has 1 unspecified atom stereocenters. The highest BCUT2D eigenvalue weighted by Crippen LogP contribution is 2.10. The Morgan fingerprint density at radius 2 is 2.09 bits per heavy atom. The molecule has 0 radical (unpaired) electrons. The zero-order valence-electron chi connectivity index (χ0n) is 12.9. The first kappa shape index (κ1) is 16.1. The predicted octanol–water partition coefficient (Wildman–Crippen LogP) is 2.72. The van der Waals surface area contributed by atoms with E-state index >= 15 is 0 Å². The van der Waals surface area contributed by atoms with Crippen molar-refractivity contribution in [3.63, 3.8) is 0 Å². The van der Waals surface area contributed by atoms with Crippen LogP contribution in [-0.4, -0.2) is 39.5 Å². The minimum Gasteiger partial charge on any atom is -0.459 e. The number of allylic oxidation sites excluding steroid dienone is 1. The van der Waals surface area contributed by atoms with Gasteiger partial charge in [0, 0.05) is 37.9 Å². The maximum Gasteiger partial charge on any atom is 0.316 e. The molecule has 1 atom stereocenters. The van der Waals surface area contributed by atoms with E-state index in [0.29, 0.717) is 6.01 Å². The van der Waals surface area contributed by atoms with Gasteiger partial charge in [-0.15, -0.1) is 6.58 Å². The van der Waals surface area contributed by atoms with Crippen molar-refractivity contribution in [1.82, 2.24) is 19.9 Å². The van der Waals surface area contributed by atoms with E-state index in [-0.39, 0.29) is 6.10 Å². The summed E-state index contributed by atoms with van der Waals surface area (Å²) in [5, 5.41) is 0. The molecule has 5 nitrogen and oxygen atoms in total. The summed E-state index contributed by atoms with van der Waals surface area (Å²) in [6.45, 7) is 5.40. The number of nitrogens with zero attached hydrogens (tertiary/aromatic N) is 4. The first-order valence-corrected chi connectivity index (χ1v) is 7.40. The van der Waals surface area contributed by atoms with Crippen LogP contribution in [0.3, 0.4) is 0 Å². The van der Waals surface area contributed by atoms with E-state index in [9.17, 15) is 0 Å².